The van der Waals surface area contributed by atoms with E-state index in [1.54, 1.807) is 28.6 Å². The number of hydrogen-bond acceptors (Lipinski definition) is 7. The Morgan fingerprint density at radius 2 is 1.76 bits per heavy atom. The maximum atomic E-state index is 13.2. The first-order chi connectivity index (χ1) is 16.4. The van der Waals surface area contributed by atoms with Crippen molar-refractivity contribution in [3.8, 4) is 0 Å². The number of piperazine rings is 1. The van der Waals surface area contributed by atoms with Crippen LogP contribution in [0, 0.1) is 6.92 Å². The Morgan fingerprint density at radius 3 is 2.44 bits per heavy atom. The van der Waals surface area contributed by atoms with Crippen LogP contribution in [0.3, 0.4) is 0 Å². The number of carbonyl (C=O) groups excluding carboxylic acids is 1. The Labute approximate surface area is 206 Å². The summed E-state index contributed by atoms with van der Waals surface area (Å²) in [6.07, 6.45) is 2.32. The molecule has 1 amide bonds. The van der Waals surface area contributed by atoms with Gasteiger partial charge in [-0.1, -0.05) is 18.2 Å². The standard InChI is InChI=1S/C24H27N5O3S2.2H2/c1-18-4-2-3-5-21(18)27-13-15-28(16-14-27)22-10-12-29(23(22)30)19-6-8-20(9-7-19)34(31,32)26-24-25-11-17-33-24;;/h2-9,11,17,22H,10,12-16H2,1H3,(H,25,26);2*1H/t22-;;/m0../s1. The number of aromatic nitrogens is 1. The molecule has 0 saturated carbocycles. The highest BCUT2D eigenvalue weighted by atomic mass is 32.2. The number of thiazole rings is 1. The molecule has 0 radical (unpaired) electrons. The minimum Gasteiger partial charge on any atom is -0.369 e. The topological polar surface area (TPSA) is 85.8 Å². The van der Waals surface area contributed by atoms with Gasteiger partial charge >= 0.3 is 0 Å². The van der Waals surface area contributed by atoms with Crippen LogP contribution in [0.25, 0.3) is 0 Å². The normalized spacial score (nSPS) is 19.6. The number of carbonyl (C=O) groups is 1. The number of benzene rings is 2. The van der Waals surface area contributed by atoms with Crippen molar-refractivity contribution in [2.45, 2.75) is 24.3 Å². The zero-order valence-electron chi connectivity index (χ0n) is 18.9. The molecule has 2 saturated heterocycles. The van der Waals surface area contributed by atoms with Crippen LogP contribution in [0.1, 0.15) is 14.8 Å². The Hall–Kier alpha value is -2.95. The lowest BCUT2D eigenvalue weighted by molar-refractivity contribution is -0.121. The first-order valence-electron chi connectivity index (χ1n) is 11.3. The first-order valence-corrected chi connectivity index (χ1v) is 13.7. The number of rotatable bonds is 6. The van der Waals surface area contributed by atoms with Crippen LogP contribution in [0.15, 0.2) is 65.0 Å². The van der Waals surface area contributed by atoms with Gasteiger partial charge in [0.25, 0.3) is 10.0 Å². The molecule has 10 heteroatoms. The molecule has 0 unspecified atom stereocenters. The van der Waals surface area contributed by atoms with Gasteiger partial charge in [0.15, 0.2) is 5.13 Å². The predicted molar refractivity (Wildman–Crippen MR) is 139 cm³/mol. The summed E-state index contributed by atoms with van der Waals surface area (Å²) in [5.41, 5.74) is 3.26. The predicted octanol–water partition coefficient (Wildman–Crippen LogP) is 3.67. The fourth-order valence-corrected chi connectivity index (χ4v) is 6.49. The van der Waals surface area contributed by atoms with Gasteiger partial charge in [-0.05, 0) is 49.2 Å². The molecule has 2 aliphatic rings. The van der Waals surface area contributed by atoms with Gasteiger partial charge in [-0.25, -0.2) is 13.4 Å². The molecule has 5 rings (SSSR count). The SMILES string of the molecule is Cc1ccccc1N1CCN([C@H]2CCN(c3ccc(S(=O)(=O)Nc4nccs4)cc3)C2=O)CC1.[HH].[HH]. The fourth-order valence-electron chi connectivity index (χ4n) is 4.71. The van der Waals surface area contributed by atoms with Crippen molar-refractivity contribution >= 4 is 43.8 Å². The second-order valence-electron chi connectivity index (χ2n) is 8.54. The number of amides is 1. The van der Waals surface area contributed by atoms with Gasteiger partial charge in [0.1, 0.15) is 0 Å². The summed E-state index contributed by atoms with van der Waals surface area (Å²) in [5.74, 6) is 0.0841. The number of nitrogens with zero attached hydrogens (tertiary/aromatic N) is 4. The largest absolute Gasteiger partial charge is 0.369 e. The van der Waals surface area contributed by atoms with Crippen molar-refractivity contribution in [3.05, 3.63) is 65.7 Å². The number of hydrogen-bond donors (Lipinski definition) is 1. The summed E-state index contributed by atoms with van der Waals surface area (Å²) in [4.78, 5) is 23.8. The van der Waals surface area contributed by atoms with E-state index in [9.17, 15) is 13.2 Å². The third-order valence-corrected chi connectivity index (χ3v) is 8.67. The van der Waals surface area contributed by atoms with Gasteiger partial charge in [0.05, 0.1) is 10.9 Å². The number of anilines is 3. The van der Waals surface area contributed by atoms with E-state index >= 15 is 0 Å². The molecule has 3 heterocycles. The van der Waals surface area contributed by atoms with Crippen molar-refractivity contribution in [2.75, 3.05) is 47.2 Å². The summed E-state index contributed by atoms with van der Waals surface area (Å²) < 4.78 is 27.6. The van der Waals surface area contributed by atoms with Crippen LogP contribution in [0.4, 0.5) is 16.5 Å². The second-order valence-corrected chi connectivity index (χ2v) is 11.1. The Bertz CT molecular complexity index is 1270. The molecule has 0 aliphatic carbocycles. The number of para-hydroxylation sites is 1. The monoisotopic (exact) mass is 501 g/mol. The van der Waals surface area contributed by atoms with Crippen molar-refractivity contribution in [2.24, 2.45) is 0 Å². The highest BCUT2D eigenvalue weighted by molar-refractivity contribution is 7.93. The lowest BCUT2D eigenvalue weighted by Gasteiger charge is -2.39. The van der Waals surface area contributed by atoms with Crippen molar-refractivity contribution < 1.29 is 16.1 Å². The Kier molecular flexibility index (Phi) is 6.28. The van der Waals surface area contributed by atoms with Crippen molar-refractivity contribution in [3.63, 3.8) is 0 Å². The van der Waals surface area contributed by atoms with Crippen molar-refractivity contribution in [1.82, 2.24) is 9.88 Å². The lowest BCUT2D eigenvalue weighted by atomic mass is 10.1. The summed E-state index contributed by atoms with van der Waals surface area (Å²) in [5, 5.41) is 2.03. The number of sulfonamides is 1. The van der Waals surface area contributed by atoms with E-state index in [0.717, 1.165) is 38.3 Å². The van der Waals surface area contributed by atoms with Gasteiger partial charge in [0.2, 0.25) is 5.91 Å². The molecule has 2 aromatic carbocycles. The fraction of sp³-hybridized carbons (Fsp3) is 0.333. The number of aryl methyl sites for hydroxylation is 1. The van der Waals surface area contributed by atoms with E-state index in [1.807, 2.05) is 0 Å². The van der Waals surface area contributed by atoms with E-state index in [0.29, 0.717) is 11.7 Å². The van der Waals surface area contributed by atoms with Crippen LogP contribution in [0.2, 0.25) is 0 Å². The van der Waals surface area contributed by atoms with Crippen LogP contribution >= 0.6 is 11.3 Å². The van der Waals surface area contributed by atoms with Gasteiger partial charge in [-0.3, -0.25) is 14.4 Å². The Balaban J connectivity index is 0.00000180. The first kappa shape index (κ1) is 22.8. The molecule has 2 fully saturated rings. The smallest absolute Gasteiger partial charge is 0.263 e. The zero-order chi connectivity index (χ0) is 23.7. The zero-order valence-corrected chi connectivity index (χ0v) is 20.6. The van der Waals surface area contributed by atoms with Crippen molar-refractivity contribution in [1.29, 1.82) is 0 Å². The molecule has 1 aromatic heterocycles. The molecule has 8 nitrogen and oxygen atoms in total. The van der Waals surface area contributed by atoms with E-state index in [-0.39, 0.29) is 19.7 Å². The number of nitrogens with one attached hydrogen (secondary N) is 1. The molecular weight excluding hydrogens is 470 g/mol. The maximum absolute atomic E-state index is 13.2. The third kappa shape index (κ3) is 4.53. The average molecular weight is 502 g/mol. The van der Waals surface area contributed by atoms with E-state index in [2.05, 4.69) is 50.7 Å². The quantitative estimate of drug-likeness (QED) is 0.555. The van der Waals surface area contributed by atoms with Crippen LogP contribution in [-0.4, -0.2) is 63.0 Å². The van der Waals surface area contributed by atoms with Gasteiger partial charge < -0.3 is 9.80 Å². The lowest BCUT2D eigenvalue weighted by Crippen LogP contribution is -2.52. The summed E-state index contributed by atoms with van der Waals surface area (Å²) in [6.45, 7) is 6.24. The van der Waals surface area contributed by atoms with Crippen LogP contribution in [-0.2, 0) is 14.8 Å². The molecule has 1 N–H and O–H groups in total. The van der Waals surface area contributed by atoms with Gasteiger partial charge in [-0.15, -0.1) is 11.3 Å². The van der Waals surface area contributed by atoms with Crippen LogP contribution in [0.5, 0.6) is 0 Å². The molecule has 1 atom stereocenters. The minimum absolute atomic E-state index is 0. The van der Waals surface area contributed by atoms with Gasteiger partial charge in [-0.2, -0.15) is 0 Å². The van der Waals surface area contributed by atoms with Crippen LogP contribution < -0.4 is 14.5 Å². The molecular formula is C24H31N5O3S2. The highest BCUT2D eigenvalue weighted by Gasteiger charge is 2.38. The van der Waals surface area contributed by atoms with E-state index in [4.69, 9.17) is 0 Å². The molecule has 0 spiro atoms. The average Bonchev–Trinajstić information content (AvgIpc) is 3.49. The summed E-state index contributed by atoms with van der Waals surface area (Å²) >= 11 is 1.22. The highest BCUT2D eigenvalue weighted by Crippen LogP contribution is 2.28. The molecule has 0 bridgehead atoms. The van der Waals surface area contributed by atoms with E-state index in [1.165, 1.54) is 34.7 Å². The molecule has 34 heavy (non-hydrogen) atoms. The second kappa shape index (κ2) is 9.36. The summed E-state index contributed by atoms with van der Waals surface area (Å²) in [7, 11) is -3.71. The Morgan fingerprint density at radius 1 is 1.03 bits per heavy atom. The molecule has 182 valence electrons. The van der Waals surface area contributed by atoms with E-state index < -0.39 is 10.0 Å². The molecule has 3 aromatic rings. The maximum Gasteiger partial charge on any atom is 0.263 e. The minimum atomic E-state index is -3.71. The third-order valence-electron chi connectivity index (χ3n) is 6.50. The van der Waals surface area contributed by atoms with Gasteiger partial charge in [0, 0.05) is 58.5 Å². The summed E-state index contributed by atoms with van der Waals surface area (Å²) in [6, 6.07) is 14.8. The molecule has 2 aliphatic heterocycles.